The molecule has 10 heteroatoms. The van der Waals surface area contributed by atoms with Gasteiger partial charge in [-0.15, -0.1) is 0 Å². The molecule has 1 rings (SSSR count). The van der Waals surface area contributed by atoms with Crippen molar-refractivity contribution < 1.29 is 28.9 Å². The van der Waals surface area contributed by atoms with Gasteiger partial charge < -0.3 is 24.4 Å². The second kappa shape index (κ2) is 9.14. The molecule has 126 valence electrons. The van der Waals surface area contributed by atoms with E-state index in [1.807, 2.05) is 0 Å². The summed E-state index contributed by atoms with van der Waals surface area (Å²) in [7, 11) is -3.96. The summed E-state index contributed by atoms with van der Waals surface area (Å²) in [4.78, 5) is 24.9. The lowest BCUT2D eigenvalue weighted by molar-refractivity contribution is 0.0165. The number of ether oxygens (including phenoxy) is 1. The number of aromatic nitrogens is 2. The zero-order valence-corrected chi connectivity index (χ0v) is 13.2. The quantitative estimate of drug-likeness (QED) is 0.384. The van der Waals surface area contributed by atoms with Crippen LogP contribution in [0.1, 0.15) is 12.1 Å². The van der Waals surface area contributed by atoms with Gasteiger partial charge in [-0.2, -0.15) is 4.98 Å². The standard InChI is InChI=1S/C12H21N2O7P/c1-10-3-4-14(12(17)13-10)7-11(8-16)20-9-22(18,19)21-6-2-5-15/h3-4,11,15-16H,2,5-9H2,1H3,(H,18,19)/t11-/m0/s1. The molecule has 0 spiro atoms. The molecule has 22 heavy (non-hydrogen) atoms. The minimum Gasteiger partial charge on any atom is -0.396 e. The van der Waals surface area contributed by atoms with E-state index in [4.69, 9.17) is 14.4 Å². The van der Waals surface area contributed by atoms with E-state index in [0.717, 1.165) is 0 Å². The minimum atomic E-state index is -3.96. The fraction of sp³-hybridized carbons (Fsp3) is 0.667. The Balaban J connectivity index is 2.54. The minimum absolute atomic E-state index is 0.000741. The van der Waals surface area contributed by atoms with Crippen LogP contribution in [0.25, 0.3) is 0 Å². The van der Waals surface area contributed by atoms with Crippen molar-refractivity contribution in [2.75, 3.05) is 26.2 Å². The molecule has 1 aromatic heterocycles. The van der Waals surface area contributed by atoms with Crippen LogP contribution in [0, 0.1) is 6.92 Å². The van der Waals surface area contributed by atoms with Gasteiger partial charge >= 0.3 is 13.3 Å². The number of aliphatic hydroxyl groups is 2. The van der Waals surface area contributed by atoms with Gasteiger partial charge in [0.15, 0.2) is 0 Å². The average molecular weight is 336 g/mol. The number of hydrogen-bond acceptors (Lipinski definition) is 7. The lowest BCUT2D eigenvalue weighted by atomic mass is 10.3. The number of rotatable bonds is 10. The van der Waals surface area contributed by atoms with Crippen LogP contribution in [0.2, 0.25) is 0 Å². The number of hydrogen-bond donors (Lipinski definition) is 3. The van der Waals surface area contributed by atoms with Crippen molar-refractivity contribution >= 4 is 7.60 Å². The zero-order valence-electron chi connectivity index (χ0n) is 12.3. The third-order valence-electron chi connectivity index (χ3n) is 2.69. The van der Waals surface area contributed by atoms with E-state index < -0.39 is 32.3 Å². The summed E-state index contributed by atoms with van der Waals surface area (Å²) in [5.74, 6) is 0. The summed E-state index contributed by atoms with van der Waals surface area (Å²) in [5.41, 5.74) is 0.0771. The van der Waals surface area contributed by atoms with Crippen molar-refractivity contribution in [3.8, 4) is 0 Å². The molecule has 0 radical (unpaired) electrons. The van der Waals surface area contributed by atoms with Crippen LogP contribution in [0.5, 0.6) is 0 Å². The van der Waals surface area contributed by atoms with Crippen LogP contribution < -0.4 is 5.69 Å². The van der Waals surface area contributed by atoms with Crippen LogP contribution >= 0.6 is 7.60 Å². The molecule has 0 aliphatic carbocycles. The largest absolute Gasteiger partial charge is 0.396 e. The van der Waals surface area contributed by atoms with Gasteiger partial charge in [-0.3, -0.25) is 9.13 Å². The highest BCUT2D eigenvalue weighted by Crippen LogP contribution is 2.42. The molecule has 2 atom stereocenters. The highest BCUT2D eigenvalue weighted by Gasteiger charge is 2.22. The molecule has 0 amide bonds. The average Bonchev–Trinajstić information content (AvgIpc) is 2.45. The fourth-order valence-electron chi connectivity index (χ4n) is 1.54. The van der Waals surface area contributed by atoms with Crippen molar-refractivity contribution in [2.45, 2.75) is 26.0 Å². The van der Waals surface area contributed by atoms with Crippen molar-refractivity contribution in [1.29, 1.82) is 0 Å². The lowest BCUT2D eigenvalue weighted by Crippen LogP contribution is -2.32. The van der Waals surface area contributed by atoms with Gasteiger partial charge in [-0.25, -0.2) is 4.79 Å². The Hall–Kier alpha value is -1.09. The smallest absolute Gasteiger partial charge is 0.353 e. The van der Waals surface area contributed by atoms with Gasteiger partial charge in [0.1, 0.15) is 6.35 Å². The van der Waals surface area contributed by atoms with E-state index in [1.54, 1.807) is 13.0 Å². The van der Waals surface area contributed by atoms with Crippen molar-refractivity contribution in [3.05, 3.63) is 28.4 Å². The molecular formula is C12H21N2O7P. The van der Waals surface area contributed by atoms with E-state index in [2.05, 4.69) is 4.98 Å². The molecular weight excluding hydrogens is 315 g/mol. The molecule has 1 aromatic rings. The Morgan fingerprint density at radius 2 is 2.18 bits per heavy atom. The van der Waals surface area contributed by atoms with Crippen molar-refractivity contribution in [3.63, 3.8) is 0 Å². The van der Waals surface area contributed by atoms with Gasteiger partial charge in [0.25, 0.3) is 0 Å². The number of aryl methyl sites for hydroxylation is 1. The SMILES string of the molecule is Cc1ccn(C[C@@H](CO)OCP(=O)(O)OCCCO)c(=O)n1. The van der Waals surface area contributed by atoms with E-state index >= 15 is 0 Å². The Morgan fingerprint density at radius 1 is 1.45 bits per heavy atom. The molecule has 0 bridgehead atoms. The maximum Gasteiger partial charge on any atom is 0.353 e. The van der Waals surface area contributed by atoms with Gasteiger partial charge in [0, 0.05) is 18.5 Å². The predicted octanol–water partition coefficient (Wildman–Crippen LogP) is -0.529. The van der Waals surface area contributed by atoms with Crippen LogP contribution in [-0.4, -0.2) is 56.9 Å². The van der Waals surface area contributed by atoms with E-state index in [1.165, 1.54) is 10.8 Å². The van der Waals surface area contributed by atoms with Crippen molar-refractivity contribution in [1.82, 2.24) is 9.55 Å². The van der Waals surface area contributed by atoms with Gasteiger partial charge in [-0.1, -0.05) is 0 Å². The zero-order chi connectivity index (χ0) is 16.6. The third kappa shape index (κ3) is 6.78. The first kappa shape index (κ1) is 19.0. The Morgan fingerprint density at radius 3 is 2.77 bits per heavy atom. The molecule has 0 aliphatic rings. The van der Waals surface area contributed by atoms with E-state index in [9.17, 15) is 19.4 Å². The van der Waals surface area contributed by atoms with Crippen LogP contribution in [0.3, 0.4) is 0 Å². The molecule has 9 nitrogen and oxygen atoms in total. The second-order valence-corrected chi connectivity index (χ2v) is 6.44. The maximum absolute atomic E-state index is 11.6. The third-order valence-corrected chi connectivity index (χ3v) is 3.75. The van der Waals surface area contributed by atoms with Crippen molar-refractivity contribution in [2.24, 2.45) is 0 Å². The normalized spacial score (nSPS) is 15.5. The fourth-order valence-corrected chi connectivity index (χ4v) is 2.43. The molecule has 1 unspecified atom stereocenters. The first-order valence-electron chi connectivity index (χ1n) is 6.71. The Bertz CT molecular complexity index is 563. The molecule has 0 fully saturated rings. The lowest BCUT2D eigenvalue weighted by Gasteiger charge is -2.19. The summed E-state index contributed by atoms with van der Waals surface area (Å²) >= 11 is 0. The molecule has 0 saturated carbocycles. The van der Waals surface area contributed by atoms with E-state index in [-0.39, 0.29) is 26.2 Å². The van der Waals surface area contributed by atoms with Gasteiger partial charge in [-0.05, 0) is 19.4 Å². The first-order chi connectivity index (χ1) is 10.4. The maximum atomic E-state index is 11.6. The first-order valence-corrected chi connectivity index (χ1v) is 8.48. The molecule has 0 saturated heterocycles. The van der Waals surface area contributed by atoms with Gasteiger partial charge in [0.05, 0.1) is 25.9 Å². The summed E-state index contributed by atoms with van der Waals surface area (Å²) in [6.45, 7) is 1.02. The second-order valence-electron chi connectivity index (χ2n) is 4.65. The molecule has 0 aromatic carbocycles. The van der Waals surface area contributed by atoms with Crippen LogP contribution in [0.4, 0.5) is 0 Å². The van der Waals surface area contributed by atoms with Crippen LogP contribution in [-0.2, 0) is 20.4 Å². The summed E-state index contributed by atoms with van der Waals surface area (Å²) in [6.07, 6.45) is 0.285. The Labute approximate surface area is 127 Å². The Kier molecular flexibility index (Phi) is 7.88. The highest BCUT2D eigenvalue weighted by molar-refractivity contribution is 7.52. The van der Waals surface area contributed by atoms with E-state index in [0.29, 0.717) is 5.69 Å². The predicted molar refractivity (Wildman–Crippen MR) is 77.5 cm³/mol. The summed E-state index contributed by atoms with van der Waals surface area (Å²) in [6, 6.07) is 1.63. The van der Waals surface area contributed by atoms with Crippen LogP contribution in [0.15, 0.2) is 17.1 Å². The molecule has 1 heterocycles. The number of aliphatic hydroxyl groups excluding tert-OH is 2. The number of nitrogens with zero attached hydrogens (tertiary/aromatic N) is 2. The molecule has 0 aliphatic heterocycles. The monoisotopic (exact) mass is 336 g/mol. The summed E-state index contributed by atoms with van der Waals surface area (Å²) in [5, 5.41) is 17.8. The topological polar surface area (TPSA) is 131 Å². The summed E-state index contributed by atoms with van der Waals surface area (Å²) < 4.78 is 22.7. The highest BCUT2D eigenvalue weighted by atomic mass is 31.2. The van der Waals surface area contributed by atoms with Gasteiger partial charge in [0.2, 0.25) is 0 Å². The molecule has 3 N–H and O–H groups in total.